The lowest BCUT2D eigenvalue weighted by Gasteiger charge is -2.19. The second-order valence-electron chi connectivity index (χ2n) is 6.72. The average Bonchev–Trinajstić information content (AvgIpc) is 3.07. The number of benzene rings is 2. The Morgan fingerprint density at radius 1 is 1.08 bits per heavy atom. The van der Waals surface area contributed by atoms with Crippen LogP contribution in [0.1, 0.15) is 16.7 Å². The number of fused-ring (bicyclic) bond motifs is 1. The molecule has 0 amide bonds. The van der Waals surface area contributed by atoms with E-state index in [1.54, 1.807) is 19.6 Å². The van der Waals surface area contributed by atoms with Gasteiger partial charge >= 0.3 is 0 Å². The van der Waals surface area contributed by atoms with Crippen LogP contribution in [0.15, 0.2) is 59.4 Å². The highest BCUT2D eigenvalue weighted by Crippen LogP contribution is 2.38. The van der Waals surface area contributed by atoms with Gasteiger partial charge in [-0.15, -0.1) is 0 Å². The molecule has 0 saturated carbocycles. The number of aryl methyl sites for hydroxylation is 1. The molecule has 0 fully saturated rings. The summed E-state index contributed by atoms with van der Waals surface area (Å²) in [5.74, 6) is 1.65. The maximum atomic E-state index is 6.04. The predicted molar refractivity (Wildman–Crippen MR) is 101 cm³/mol. The Bertz CT molecular complexity index is 869. The van der Waals surface area contributed by atoms with Crippen LogP contribution in [0.4, 0.5) is 0 Å². The zero-order chi connectivity index (χ0) is 17.9. The topological polar surface area (TPSA) is 34.8 Å². The van der Waals surface area contributed by atoms with Gasteiger partial charge in [0.15, 0.2) is 11.5 Å². The number of furan rings is 1. The van der Waals surface area contributed by atoms with Crippen molar-refractivity contribution in [3.05, 3.63) is 71.7 Å². The second kappa shape index (κ2) is 7.26. The highest BCUT2D eigenvalue weighted by Gasteiger charge is 2.21. The van der Waals surface area contributed by atoms with Crippen LogP contribution < -0.4 is 9.47 Å². The molecule has 4 rings (SSSR count). The van der Waals surface area contributed by atoms with Crippen molar-refractivity contribution in [2.45, 2.75) is 20.0 Å². The normalized spacial score (nSPS) is 14.4. The first-order chi connectivity index (χ1) is 12.7. The maximum absolute atomic E-state index is 6.04. The number of nitrogens with zero attached hydrogens (tertiary/aromatic N) is 1. The monoisotopic (exact) mass is 349 g/mol. The van der Waals surface area contributed by atoms with E-state index in [0.29, 0.717) is 6.61 Å². The van der Waals surface area contributed by atoms with Crippen LogP contribution in [-0.4, -0.2) is 25.2 Å². The third-order valence-electron chi connectivity index (χ3n) is 4.77. The summed E-state index contributed by atoms with van der Waals surface area (Å²) in [5, 5.41) is 0. The molecular weight excluding hydrogens is 326 g/mol. The van der Waals surface area contributed by atoms with E-state index < -0.39 is 0 Å². The Morgan fingerprint density at radius 2 is 1.92 bits per heavy atom. The first kappa shape index (κ1) is 16.7. The summed E-state index contributed by atoms with van der Waals surface area (Å²) in [7, 11) is 1.70. The van der Waals surface area contributed by atoms with Gasteiger partial charge in [-0.2, -0.15) is 0 Å². The van der Waals surface area contributed by atoms with Crippen molar-refractivity contribution in [1.82, 2.24) is 4.90 Å². The van der Waals surface area contributed by atoms with E-state index in [2.05, 4.69) is 48.2 Å². The van der Waals surface area contributed by atoms with E-state index in [-0.39, 0.29) is 0 Å². The van der Waals surface area contributed by atoms with Crippen LogP contribution in [0.3, 0.4) is 0 Å². The Balaban J connectivity index is 1.68. The fraction of sp³-hybridized carbons (Fsp3) is 0.273. The van der Waals surface area contributed by atoms with E-state index in [1.807, 2.05) is 6.07 Å². The standard InChI is InChI=1S/C22H23NO3/c1-16-3-5-18(6-4-16)19-11-20-14-23(13-17-7-9-25-15-17)8-10-26-22(20)21(12-19)24-2/h3-7,9,11-12,15H,8,10,13-14H2,1-2H3. The van der Waals surface area contributed by atoms with Gasteiger partial charge in [0, 0.05) is 30.8 Å². The molecule has 0 radical (unpaired) electrons. The molecule has 1 aliphatic rings. The summed E-state index contributed by atoms with van der Waals surface area (Å²) in [5.41, 5.74) is 5.91. The fourth-order valence-corrected chi connectivity index (χ4v) is 3.38. The lowest BCUT2D eigenvalue weighted by Crippen LogP contribution is -2.25. The van der Waals surface area contributed by atoms with Crippen LogP contribution in [-0.2, 0) is 13.1 Å². The van der Waals surface area contributed by atoms with Crippen LogP contribution in [0.5, 0.6) is 11.5 Å². The van der Waals surface area contributed by atoms with Crippen molar-refractivity contribution in [3.63, 3.8) is 0 Å². The Kier molecular flexibility index (Phi) is 4.67. The van der Waals surface area contributed by atoms with Gasteiger partial charge in [0.25, 0.3) is 0 Å². The van der Waals surface area contributed by atoms with Crippen LogP contribution in [0.25, 0.3) is 11.1 Å². The van der Waals surface area contributed by atoms with Crippen molar-refractivity contribution >= 4 is 0 Å². The first-order valence-electron chi connectivity index (χ1n) is 8.87. The van der Waals surface area contributed by atoms with E-state index in [0.717, 1.165) is 42.3 Å². The molecule has 0 spiro atoms. The highest BCUT2D eigenvalue weighted by molar-refractivity contribution is 5.69. The van der Waals surface area contributed by atoms with Gasteiger partial charge < -0.3 is 13.9 Å². The van der Waals surface area contributed by atoms with Gasteiger partial charge in [0.05, 0.1) is 19.6 Å². The molecule has 0 aliphatic carbocycles. The first-order valence-corrected chi connectivity index (χ1v) is 8.87. The SMILES string of the molecule is COc1cc(-c2ccc(C)cc2)cc2c1OCCN(Cc1ccoc1)C2. The molecule has 0 bridgehead atoms. The molecule has 1 aliphatic heterocycles. The van der Waals surface area contributed by atoms with Crippen molar-refractivity contribution in [1.29, 1.82) is 0 Å². The summed E-state index contributed by atoms with van der Waals surface area (Å²) in [6.45, 7) is 5.27. The van der Waals surface area contributed by atoms with E-state index >= 15 is 0 Å². The van der Waals surface area contributed by atoms with Gasteiger partial charge in [-0.1, -0.05) is 29.8 Å². The van der Waals surface area contributed by atoms with Crippen molar-refractivity contribution in [3.8, 4) is 22.6 Å². The molecule has 0 unspecified atom stereocenters. The summed E-state index contributed by atoms with van der Waals surface area (Å²) in [4.78, 5) is 2.37. The quantitative estimate of drug-likeness (QED) is 0.686. The smallest absolute Gasteiger partial charge is 0.165 e. The fourth-order valence-electron chi connectivity index (χ4n) is 3.38. The second-order valence-corrected chi connectivity index (χ2v) is 6.72. The van der Waals surface area contributed by atoms with E-state index in [4.69, 9.17) is 13.9 Å². The number of rotatable bonds is 4. The molecular formula is C22H23NO3. The summed E-state index contributed by atoms with van der Waals surface area (Å²) >= 11 is 0. The molecule has 0 saturated heterocycles. The van der Waals surface area contributed by atoms with Crippen LogP contribution in [0.2, 0.25) is 0 Å². The molecule has 26 heavy (non-hydrogen) atoms. The third-order valence-corrected chi connectivity index (χ3v) is 4.77. The molecule has 2 heterocycles. The van der Waals surface area contributed by atoms with Crippen LogP contribution in [0, 0.1) is 6.92 Å². The van der Waals surface area contributed by atoms with Crippen LogP contribution >= 0.6 is 0 Å². The van der Waals surface area contributed by atoms with Gasteiger partial charge in [-0.3, -0.25) is 4.90 Å². The molecule has 134 valence electrons. The Hall–Kier alpha value is -2.72. The molecule has 3 aromatic rings. The minimum atomic E-state index is 0.644. The number of ether oxygens (including phenoxy) is 2. The van der Waals surface area contributed by atoms with Gasteiger partial charge in [0.1, 0.15) is 6.61 Å². The third kappa shape index (κ3) is 3.46. The molecule has 2 aromatic carbocycles. The summed E-state index contributed by atoms with van der Waals surface area (Å²) in [6, 6.07) is 14.9. The van der Waals surface area contributed by atoms with Gasteiger partial charge in [-0.05, 0) is 36.2 Å². The largest absolute Gasteiger partial charge is 0.493 e. The molecule has 0 N–H and O–H groups in total. The number of hydrogen-bond donors (Lipinski definition) is 0. The van der Waals surface area contributed by atoms with E-state index in [9.17, 15) is 0 Å². The maximum Gasteiger partial charge on any atom is 0.165 e. The number of hydrogen-bond acceptors (Lipinski definition) is 4. The van der Waals surface area contributed by atoms with Crippen molar-refractivity contribution in [2.24, 2.45) is 0 Å². The average molecular weight is 349 g/mol. The zero-order valence-electron chi connectivity index (χ0n) is 15.2. The Morgan fingerprint density at radius 3 is 2.65 bits per heavy atom. The predicted octanol–water partition coefficient (Wildman–Crippen LogP) is 4.66. The van der Waals surface area contributed by atoms with E-state index in [1.165, 1.54) is 16.7 Å². The minimum Gasteiger partial charge on any atom is -0.493 e. The summed E-state index contributed by atoms with van der Waals surface area (Å²) < 4.78 is 16.9. The lowest BCUT2D eigenvalue weighted by atomic mass is 10.0. The lowest BCUT2D eigenvalue weighted by molar-refractivity contribution is 0.216. The molecule has 0 atom stereocenters. The van der Waals surface area contributed by atoms with Crippen molar-refractivity contribution < 1.29 is 13.9 Å². The molecule has 4 nitrogen and oxygen atoms in total. The molecule has 4 heteroatoms. The van der Waals surface area contributed by atoms with Crippen molar-refractivity contribution in [2.75, 3.05) is 20.3 Å². The number of methoxy groups -OCH3 is 1. The Labute approximate surface area is 154 Å². The molecule has 1 aromatic heterocycles. The highest BCUT2D eigenvalue weighted by atomic mass is 16.5. The van der Waals surface area contributed by atoms with Gasteiger partial charge in [-0.25, -0.2) is 0 Å². The van der Waals surface area contributed by atoms with Gasteiger partial charge in [0.2, 0.25) is 0 Å². The zero-order valence-corrected chi connectivity index (χ0v) is 15.2. The minimum absolute atomic E-state index is 0.644. The summed E-state index contributed by atoms with van der Waals surface area (Å²) in [6.07, 6.45) is 3.52.